The average Bonchev–Trinajstić information content (AvgIpc) is 2.52. The zero-order valence-electron chi connectivity index (χ0n) is 11.9. The molecule has 0 aliphatic carbocycles. The van der Waals surface area contributed by atoms with E-state index in [4.69, 9.17) is 4.74 Å². The van der Waals surface area contributed by atoms with Crippen LogP contribution in [0.15, 0.2) is 64.5 Å². The van der Waals surface area contributed by atoms with Crippen molar-refractivity contribution in [1.82, 2.24) is 0 Å². The molecule has 0 bridgehead atoms. The molecule has 0 saturated carbocycles. The van der Waals surface area contributed by atoms with Gasteiger partial charge in [-0.3, -0.25) is 0 Å². The molecule has 0 radical (unpaired) electrons. The van der Waals surface area contributed by atoms with Crippen molar-refractivity contribution in [3.63, 3.8) is 0 Å². The maximum absolute atomic E-state index is 5.40. The van der Waals surface area contributed by atoms with E-state index in [1.165, 1.54) is 4.90 Å². The second kappa shape index (κ2) is 8.15. The Kier molecular flexibility index (Phi) is 6.21. The Morgan fingerprint density at radius 3 is 2.86 bits per heavy atom. The number of anilines is 1. The van der Waals surface area contributed by atoms with Crippen molar-refractivity contribution < 1.29 is 4.74 Å². The first kappa shape index (κ1) is 16.0. The summed E-state index contributed by atoms with van der Waals surface area (Å²) in [5.74, 6) is 1.79. The standard InChI is InChI=1S/C17H18BrNOS/c1-3-10-21-17-7-5-4-6-15(17)19-12-13-11-14(18)8-9-16(13)20-2/h3-9,11,19H,1,10,12H2,2H3. The number of hydrogen-bond donors (Lipinski definition) is 1. The van der Waals surface area contributed by atoms with Gasteiger partial charge in [0.15, 0.2) is 0 Å². The number of nitrogens with one attached hydrogen (secondary N) is 1. The van der Waals surface area contributed by atoms with Gasteiger partial charge in [0.2, 0.25) is 0 Å². The van der Waals surface area contributed by atoms with Crippen LogP contribution in [0.4, 0.5) is 5.69 Å². The number of rotatable bonds is 7. The highest BCUT2D eigenvalue weighted by molar-refractivity contribution is 9.10. The molecule has 0 spiro atoms. The van der Waals surface area contributed by atoms with Crippen molar-refractivity contribution in [3.05, 3.63) is 65.2 Å². The summed E-state index contributed by atoms with van der Waals surface area (Å²) in [5.41, 5.74) is 2.25. The summed E-state index contributed by atoms with van der Waals surface area (Å²) < 4.78 is 6.45. The van der Waals surface area contributed by atoms with Gasteiger partial charge in [0.25, 0.3) is 0 Å². The summed E-state index contributed by atoms with van der Waals surface area (Å²) in [6.07, 6.45) is 1.92. The van der Waals surface area contributed by atoms with Crippen molar-refractivity contribution in [1.29, 1.82) is 0 Å². The topological polar surface area (TPSA) is 21.3 Å². The summed E-state index contributed by atoms with van der Waals surface area (Å²) in [6, 6.07) is 14.3. The minimum Gasteiger partial charge on any atom is -0.496 e. The summed E-state index contributed by atoms with van der Waals surface area (Å²) in [6.45, 7) is 4.48. The van der Waals surface area contributed by atoms with E-state index in [-0.39, 0.29) is 0 Å². The van der Waals surface area contributed by atoms with Crippen LogP contribution in [-0.2, 0) is 6.54 Å². The Balaban J connectivity index is 2.13. The van der Waals surface area contributed by atoms with Gasteiger partial charge in [-0.25, -0.2) is 0 Å². The van der Waals surface area contributed by atoms with Crippen molar-refractivity contribution in [2.75, 3.05) is 18.2 Å². The number of hydrogen-bond acceptors (Lipinski definition) is 3. The number of benzene rings is 2. The van der Waals surface area contributed by atoms with Gasteiger partial charge in [-0.1, -0.05) is 34.1 Å². The molecule has 0 unspecified atom stereocenters. The van der Waals surface area contributed by atoms with Gasteiger partial charge in [0.05, 0.1) is 7.11 Å². The lowest BCUT2D eigenvalue weighted by Gasteiger charge is -2.13. The highest BCUT2D eigenvalue weighted by atomic mass is 79.9. The average molecular weight is 364 g/mol. The highest BCUT2D eigenvalue weighted by Gasteiger charge is 2.06. The molecule has 0 fully saturated rings. The van der Waals surface area contributed by atoms with Crippen molar-refractivity contribution in [3.8, 4) is 5.75 Å². The molecule has 1 N–H and O–H groups in total. The van der Waals surface area contributed by atoms with Crippen LogP contribution in [0.5, 0.6) is 5.75 Å². The van der Waals surface area contributed by atoms with Crippen LogP contribution >= 0.6 is 27.7 Å². The maximum atomic E-state index is 5.40. The molecular weight excluding hydrogens is 346 g/mol. The van der Waals surface area contributed by atoms with Gasteiger partial charge >= 0.3 is 0 Å². The zero-order chi connectivity index (χ0) is 15.1. The molecule has 0 atom stereocenters. The molecule has 2 aromatic rings. The molecule has 2 nitrogen and oxygen atoms in total. The molecule has 2 rings (SSSR count). The molecule has 0 aromatic heterocycles. The fraction of sp³-hybridized carbons (Fsp3) is 0.176. The van der Waals surface area contributed by atoms with E-state index in [0.717, 1.165) is 27.2 Å². The number of thioether (sulfide) groups is 1. The van der Waals surface area contributed by atoms with Crippen LogP contribution in [0.1, 0.15) is 5.56 Å². The lowest BCUT2D eigenvalue weighted by atomic mass is 10.2. The SMILES string of the molecule is C=CCSc1ccccc1NCc1cc(Br)ccc1OC. The molecule has 4 heteroatoms. The minimum absolute atomic E-state index is 0.717. The molecule has 0 aliphatic heterocycles. The fourth-order valence-electron chi connectivity index (χ4n) is 1.96. The van der Waals surface area contributed by atoms with Crippen molar-refractivity contribution >= 4 is 33.4 Å². The van der Waals surface area contributed by atoms with E-state index in [9.17, 15) is 0 Å². The summed E-state index contributed by atoms with van der Waals surface area (Å²) in [5, 5.41) is 3.48. The number of halogens is 1. The molecule has 110 valence electrons. The molecule has 2 aromatic carbocycles. The second-order valence-electron chi connectivity index (χ2n) is 4.41. The summed E-state index contributed by atoms with van der Waals surface area (Å²) in [7, 11) is 1.70. The third-order valence-corrected chi connectivity index (χ3v) is 4.52. The van der Waals surface area contributed by atoms with E-state index in [1.807, 2.05) is 24.3 Å². The van der Waals surface area contributed by atoms with E-state index in [2.05, 4.69) is 52.1 Å². The van der Waals surface area contributed by atoms with Crippen LogP contribution in [0.2, 0.25) is 0 Å². The van der Waals surface area contributed by atoms with Gasteiger partial charge in [-0.05, 0) is 30.3 Å². The Hall–Kier alpha value is -1.39. The van der Waals surface area contributed by atoms with E-state index in [1.54, 1.807) is 18.9 Å². The highest BCUT2D eigenvalue weighted by Crippen LogP contribution is 2.29. The minimum atomic E-state index is 0.717. The number of para-hydroxylation sites is 1. The van der Waals surface area contributed by atoms with Crippen LogP contribution in [0.25, 0.3) is 0 Å². The maximum Gasteiger partial charge on any atom is 0.123 e. The number of methoxy groups -OCH3 is 1. The Labute approximate surface area is 138 Å². The lowest BCUT2D eigenvalue weighted by molar-refractivity contribution is 0.410. The van der Waals surface area contributed by atoms with Crippen molar-refractivity contribution in [2.45, 2.75) is 11.4 Å². The van der Waals surface area contributed by atoms with Crippen molar-refractivity contribution in [2.24, 2.45) is 0 Å². The molecule has 21 heavy (non-hydrogen) atoms. The smallest absolute Gasteiger partial charge is 0.123 e. The van der Waals surface area contributed by atoms with Gasteiger partial charge < -0.3 is 10.1 Å². The lowest BCUT2D eigenvalue weighted by Crippen LogP contribution is -2.02. The predicted molar refractivity (Wildman–Crippen MR) is 95.4 cm³/mol. The Morgan fingerprint density at radius 2 is 2.10 bits per heavy atom. The van der Waals surface area contributed by atoms with Gasteiger partial charge in [0, 0.05) is 32.9 Å². The monoisotopic (exact) mass is 363 g/mol. The first-order valence-corrected chi connectivity index (χ1v) is 8.41. The zero-order valence-corrected chi connectivity index (χ0v) is 14.3. The molecular formula is C17H18BrNOS. The van der Waals surface area contributed by atoms with E-state index in [0.29, 0.717) is 6.54 Å². The molecule has 0 amide bonds. The number of ether oxygens (including phenoxy) is 1. The second-order valence-corrected chi connectivity index (χ2v) is 6.38. The summed E-state index contributed by atoms with van der Waals surface area (Å²) >= 11 is 5.28. The van der Waals surface area contributed by atoms with Crippen LogP contribution in [0.3, 0.4) is 0 Å². The third kappa shape index (κ3) is 4.55. The van der Waals surface area contributed by atoms with Crippen LogP contribution < -0.4 is 10.1 Å². The van der Waals surface area contributed by atoms with E-state index < -0.39 is 0 Å². The van der Waals surface area contributed by atoms with Gasteiger partial charge in [-0.15, -0.1) is 18.3 Å². The Morgan fingerprint density at radius 1 is 1.29 bits per heavy atom. The molecule has 0 heterocycles. The Bertz CT molecular complexity index is 615. The van der Waals surface area contributed by atoms with Crippen LogP contribution in [-0.4, -0.2) is 12.9 Å². The van der Waals surface area contributed by atoms with Crippen LogP contribution in [0, 0.1) is 0 Å². The normalized spacial score (nSPS) is 10.2. The largest absolute Gasteiger partial charge is 0.496 e. The van der Waals surface area contributed by atoms with E-state index >= 15 is 0 Å². The molecule has 0 aliphatic rings. The molecule has 0 saturated heterocycles. The first-order chi connectivity index (χ1) is 10.2. The fourth-order valence-corrected chi connectivity index (χ4v) is 3.14. The van der Waals surface area contributed by atoms with Gasteiger partial charge in [0.1, 0.15) is 5.75 Å². The third-order valence-electron chi connectivity index (χ3n) is 2.96. The quantitative estimate of drug-likeness (QED) is 0.529. The van der Waals surface area contributed by atoms with Gasteiger partial charge in [-0.2, -0.15) is 0 Å². The first-order valence-electron chi connectivity index (χ1n) is 6.63. The summed E-state index contributed by atoms with van der Waals surface area (Å²) in [4.78, 5) is 1.23. The predicted octanol–water partition coefficient (Wildman–Crippen LogP) is 5.35.